The Kier molecular flexibility index (Phi) is 4.02. The van der Waals surface area contributed by atoms with Crippen molar-refractivity contribution in [2.45, 2.75) is 25.4 Å². The molecule has 1 saturated carbocycles. The molecular weight excluding hydrogens is 320 g/mol. The molecule has 0 radical (unpaired) electrons. The summed E-state index contributed by atoms with van der Waals surface area (Å²) in [5.74, 6) is -2.71. The third-order valence-electron chi connectivity index (χ3n) is 3.50. The van der Waals surface area contributed by atoms with Crippen LogP contribution in [0, 0.1) is 0 Å². The van der Waals surface area contributed by atoms with Crippen LogP contribution >= 0.6 is 0 Å². The fourth-order valence-corrected chi connectivity index (χ4v) is 2.15. The van der Waals surface area contributed by atoms with Gasteiger partial charge in [-0.15, -0.1) is 0 Å². The zero-order chi connectivity index (χ0) is 17.3. The number of nitrogens with one attached hydrogen (secondary N) is 2. The van der Waals surface area contributed by atoms with E-state index in [0.29, 0.717) is 15.6 Å². The van der Waals surface area contributed by atoms with Crippen LogP contribution in [0.3, 0.4) is 0 Å². The molecule has 0 unspecified atom stereocenters. The lowest BCUT2D eigenvalue weighted by Crippen LogP contribution is -2.46. The zero-order valence-corrected chi connectivity index (χ0v) is 12.5. The van der Waals surface area contributed by atoms with Crippen LogP contribution in [0.1, 0.15) is 18.6 Å². The minimum Gasteiger partial charge on any atom is -0.467 e. The quantitative estimate of drug-likeness (QED) is 0.555. The van der Waals surface area contributed by atoms with Crippen LogP contribution in [0.4, 0.5) is 9.59 Å². The van der Waals surface area contributed by atoms with E-state index in [0.717, 1.165) is 12.8 Å². The Morgan fingerprint density at radius 3 is 2.50 bits per heavy atom. The van der Waals surface area contributed by atoms with Gasteiger partial charge >= 0.3 is 23.9 Å². The number of nitrogens with zero attached hydrogens (tertiary/aromatic N) is 2. The van der Waals surface area contributed by atoms with Gasteiger partial charge in [-0.3, -0.25) is 19.7 Å². The molecule has 0 bridgehead atoms. The summed E-state index contributed by atoms with van der Waals surface area (Å²) in [6, 6.07) is 1.55. The summed E-state index contributed by atoms with van der Waals surface area (Å²) in [6.07, 6.45) is 3.06. The van der Waals surface area contributed by atoms with E-state index >= 15 is 0 Å². The van der Waals surface area contributed by atoms with Gasteiger partial charge in [-0.1, -0.05) is 0 Å². The number of hydrogen-bond donors (Lipinski definition) is 2. The van der Waals surface area contributed by atoms with E-state index < -0.39 is 36.3 Å². The fraction of sp³-hybridized carbons (Fsp3) is 0.357. The van der Waals surface area contributed by atoms with E-state index in [-0.39, 0.29) is 12.6 Å². The summed E-state index contributed by atoms with van der Waals surface area (Å²) < 4.78 is 5.03. The van der Waals surface area contributed by atoms with Crippen molar-refractivity contribution in [1.29, 1.82) is 0 Å². The normalized spacial score (nSPS) is 17.4. The van der Waals surface area contributed by atoms with Crippen molar-refractivity contribution >= 4 is 29.8 Å². The second-order valence-corrected chi connectivity index (χ2v) is 5.44. The van der Waals surface area contributed by atoms with Gasteiger partial charge in [0.05, 0.1) is 12.8 Å². The van der Waals surface area contributed by atoms with Crippen molar-refractivity contribution < 1.29 is 28.4 Å². The summed E-state index contributed by atoms with van der Waals surface area (Å²) in [5.41, 5.74) is 0. The van der Waals surface area contributed by atoms with Crippen LogP contribution < -0.4 is 10.6 Å². The highest BCUT2D eigenvalue weighted by atomic mass is 16.3. The summed E-state index contributed by atoms with van der Waals surface area (Å²) in [4.78, 5) is 60.3. The summed E-state index contributed by atoms with van der Waals surface area (Å²) >= 11 is 0. The van der Waals surface area contributed by atoms with Crippen molar-refractivity contribution in [2.24, 2.45) is 0 Å². The van der Waals surface area contributed by atoms with Crippen molar-refractivity contribution in [3.8, 4) is 0 Å². The molecule has 10 heteroatoms. The number of imide groups is 3. The number of urea groups is 2. The Balaban J connectivity index is 1.59. The average molecular weight is 334 g/mol. The second-order valence-electron chi connectivity index (χ2n) is 5.44. The molecule has 10 nitrogen and oxygen atoms in total. The van der Waals surface area contributed by atoms with Gasteiger partial charge in [-0.2, -0.15) is 0 Å². The Morgan fingerprint density at radius 2 is 1.88 bits per heavy atom. The molecule has 0 spiro atoms. The van der Waals surface area contributed by atoms with Crippen LogP contribution in [0.15, 0.2) is 22.8 Å². The molecule has 2 fully saturated rings. The highest BCUT2D eigenvalue weighted by Gasteiger charge is 2.45. The van der Waals surface area contributed by atoms with Gasteiger partial charge < -0.3 is 9.73 Å². The topological polar surface area (TPSA) is 129 Å². The first kappa shape index (κ1) is 15.7. The number of furan rings is 1. The summed E-state index contributed by atoms with van der Waals surface area (Å²) in [5, 5.41) is 4.54. The van der Waals surface area contributed by atoms with Gasteiger partial charge in [0.1, 0.15) is 12.3 Å². The number of hydrogen-bond acceptors (Lipinski definition) is 6. The lowest BCUT2D eigenvalue weighted by Gasteiger charge is -2.14. The molecule has 1 aliphatic carbocycles. The first-order valence-electron chi connectivity index (χ1n) is 7.25. The lowest BCUT2D eigenvalue weighted by atomic mass is 10.4. The molecule has 0 atom stereocenters. The van der Waals surface area contributed by atoms with Gasteiger partial charge in [-0.05, 0) is 25.0 Å². The van der Waals surface area contributed by atoms with E-state index in [1.165, 1.54) is 6.26 Å². The predicted octanol–water partition coefficient (Wildman–Crippen LogP) is -0.441. The molecule has 2 aliphatic rings. The molecule has 2 heterocycles. The highest BCUT2D eigenvalue weighted by molar-refractivity contribution is 6.45. The number of amides is 7. The maximum absolute atomic E-state index is 12.1. The van der Waals surface area contributed by atoms with Crippen LogP contribution in [-0.4, -0.2) is 52.2 Å². The zero-order valence-electron chi connectivity index (χ0n) is 12.5. The maximum Gasteiger partial charge on any atom is 0.335 e. The molecule has 1 aromatic heterocycles. The molecule has 1 aliphatic heterocycles. The molecule has 24 heavy (non-hydrogen) atoms. The van der Waals surface area contributed by atoms with Gasteiger partial charge in [0, 0.05) is 6.04 Å². The third-order valence-corrected chi connectivity index (χ3v) is 3.50. The lowest BCUT2D eigenvalue weighted by molar-refractivity contribution is -0.144. The Morgan fingerprint density at radius 1 is 1.17 bits per heavy atom. The van der Waals surface area contributed by atoms with E-state index in [1.54, 1.807) is 12.1 Å². The number of rotatable bonds is 5. The summed E-state index contributed by atoms with van der Waals surface area (Å²) in [7, 11) is 0. The standard InChI is InChI=1S/C14H14N4O6/c19-10(16-13(22)15-8-3-4-8)7-18-12(21)11(20)17(14(18)23)6-9-2-1-5-24-9/h1-2,5,8H,3-4,6-7H2,(H2,15,16,19,22). The van der Waals surface area contributed by atoms with Crippen LogP contribution in [-0.2, 0) is 20.9 Å². The van der Waals surface area contributed by atoms with Gasteiger partial charge in [0.25, 0.3) is 0 Å². The van der Waals surface area contributed by atoms with E-state index in [9.17, 15) is 24.0 Å². The molecule has 1 aromatic rings. The minimum absolute atomic E-state index is 0.0539. The van der Waals surface area contributed by atoms with Gasteiger partial charge in [0.15, 0.2) is 0 Å². The van der Waals surface area contributed by atoms with Gasteiger partial charge in [-0.25, -0.2) is 19.4 Å². The monoisotopic (exact) mass is 334 g/mol. The number of carbonyl (C=O) groups is 5. The first-order chi connectivity index (χ1) is 11.5. The Hall–Kier alpha value is -3.17. The maximum atomic E-state index is 12.1. The van der Waals surface area contributed by atoms with Crippen LogP contribution in [0.5, 0.6) is 0 Å². The molecule has 1 saturated heterocycles. The molecule has 0 aromatic carbocycles. The first-order valence-corrected chi connectivity index (χ1v) is 7.25. The van der Waals surface area contributed by atoms with Crippen LogP contribution in [0.2, 0.25) is 0 Å². The molecule has 2 N–H and O–H groups in total. The van der Waals surface area contributed by atoms with E-state index in [2.05, 4.69) is 5.32 Å². The molecule has 3 rings (SSSR count). The van der Waals surface area contributed by atoms with E-state index in [4.69, 9.17) is 4.42 Å². The van der Waals surface area contributed by atoms with Crippen molar-refractivity contribution in [3.05, 3.63) is 24.2 Å². The second kappa shape index (κ2) is 6.14. The van der Waals surface area contributed by atoms with Crippen molar-refractivity contribution in [1.82, 2.24) is 20.4 Å². The SMILES string of the molecule is O=C(CN1C(=O)C(=O)N(Cc2ccco2)C1=O)NC(=O)NC1CC1. The average Bonchev–Trinajstić information content (AvgIpc) is 3.14. The smallest absolute Gasteiger partial charge is 0.335 e. The highest BCUT2D eigenvalue weighted by Crippen LogP contribution is 2.18. The molecular formula is C14H14N4O6. The van der Waals surface area contributed by atoms with Crippen molar-refractivity contribution in [2.75, 3.05) is 6.54 Å². The Labute approximate surface area is 135 Å². The number of carbonyl (C=O) groups excluding carboxylic acids is 5. The fourth-order valence-electron chi connectivity index (χ4n) is 2.15. The molecule has 7 amide bonds. The minimum atomic E-state index is -1.12. The van der Waals surface area contributed by atoms with Crippen molar-refractivity contribution in [3.63, 3.8) is 0 Å². The molecule has 126 valence electrons. The van der Waals surface area contributed by atoms with E-state index in [1.807, 2.05) is 5.32 Å². The summed E-state index contributed by atoms with van der Waals surface area (Å²) in [6.45, 7) is -0.924. The largest absolute Gasteiger partial charge is 0.467 e. The van der Waals surface area contributed by atoms with Crippen LogP contribution in [0.25, 0.3) is 0 Å². The van der Waals surface area contributed by atoms with Gasteiger partial charge in [0.2, 0.25) is 5.91 Å². The third kappa shape index (κ3) is 3.26. The predicted molar refractivity (Wildman–Crippen MR) is 76.1 cm³/mol. The Bertz CT molecular complexity index is 709.